The van der Waals surface area contributed by atoms with Crippen molar-refractivity contribution in [3.8, 4) is 0 Å². The van der Waals surface area contributed by atoms with Gasteiger partial charge >= 0.3 is 12.1 Å². The van der Waals surface area contributed by atoms with Crippen molar-refractivity contribution in [2.75, 3.05) is 25.0 Å². The fraction of sp³-hybridized carbons (Fsp3) is 0.632. The number of amides is 1. The Morgan fingerprint density at radius 1 is 1.35 bits per heavy atom. The summed E-state index contributed by atoms with van der Waals surface area (Å²) < 4.78 is 10.8. The first-order valence-electron chi connectivity index (χ1n) is 8.95. The summed E-state index contributed by atoms with van der Waals surface area (Å²) in [5.74, 6) is 0.213. The minimum atomic E-state index is -0.529. The fourth-order valence-electron chi connectivity index (χ4n) is 2.82. The van der Waals surface area contributed by atoms with Crippen LogP contribution in [-0.4, -0.2) is 59.8 Å². The predicted molar refractivity (Wildman–Crippen MR) is 99.4 cm³/mol. The van der Waals surface area contributed by atoms with Crippen molar-refractivity contribution in [3.05, 3.63) is 23.9 Å². The van der Waals surface area contributed by atoms with Crippen LogP contribution in [0.3, 0.4) is 0 Å². The largest absolute Gasteiger partial charge is 0.459 e. The number of ether oxygens (including phenoxy) is 2. The minimum absolute atomic E-state index is 0.000764. The number of anilines is 1. The van der Waals surface area contributed by atoms with Crippen LogP contribution in [0, 0.1) is 0 Å². The van der Waals surface area contributed by atoms with Crippen LogP contribution in [0.15, 0.2) is 18.3 Å². The van der Waals surface area contributed by atoms with Gasteiger partial charge < -0.3 is 19.3 Å². The van der Waals surface area contributed by atoms with Gasteiger partial charge in [0.05, 0.1) is 12.1 Å². The molecule has 1 fully saturated rings. The summed E-state index contributed by atoms with van der Waals surface area (Å²) in [6, 6.07) is 3.44. The molecule has 144 valence electrons. The maximum atomic E-state index is 12.3. The van der Waals surface area contributed by atoms with Crippen LogP contribution >= 0.6 is 0 Å². The molecular formula is C19H29N3O4. The van der Waals surface area contributed by atoms with Crippen LogP contribution in [-0.2, 0) is 9.47 Å². The smallest absolute Gasteiger partial charge is 0.410 e. The van der Waals surface area contributed by atoms with Crippen molar-refractivity contribution in [2.45, 2.75) is 58.8 Å². The minimum Gasteiger partial charge on any atom is -0.459 e. The van der Waals surface area contributed by atoms with Crippen molar-refractivity contribution in [1.82, 2.24) is 9.88 Å². The molecule has 26 heavy (non-hydrogen) atoms. The van der Waals surface area contributed by atoms with Gasteiger partial charge in [0.1, 0.15) is 17.0 Å². The molecule has 2 rings (SSSR count). The molecule has 0 aliphatic carbocycles. The highest BCUT2D eigenvalue weighted by Gasteiger charge is 2.33. The summed E-state index contributed by atoms with van der Waals surface area (Å²) >= 11 is 0. The quantitative estimate of drug-likeness (QED) is 0.766. The van der Waals surface area contributed by atoms with E-state index in [9.17, 15) is 9.59 Å². The SMILES string of the molecule is CC(C)OC(=O)c1cccnc1N1CC[C@H](N(C)C(=O)OC(C)(C)C)C1. The number of hydrogen-bond donors (Lipinski definition) is 0. The van der Waals surface area contributed by atoms with Gasteiger partial charge in [-0.25, -0.2) is 14.6 Å². The lowest BCUT2D eigenvalue weighted by atomic mass is 10.2. The number of carbonyl (C=O) groups excluding carboxylic acids is 2. The van der Waals surface area contributed by atoms with Crippen molar-refractivity contribution < 1.29 is 19.1 Å². The molecule has 2 heterocycles. The summed E-state index contributed by atoms with van der Waals surface area (Å²) in [7, 11) is 1.74. The summed E-state index contributed by atoms with van der Waals surface area (Å²) in [6.45, 7) is 10.5. The van der Waals surface area contributed by atoms with E-state index in [0.29, 0.717) is 24.5 Å². The van der Waals surface area contributed by atoms with Crippen molar-refractivity contribution in [2.24, 2.45) is 0 Å². The third-order valence-electron chi connectivity index (χ3n) is 4.04. The zero-order chi connectivity index (χ0) is 19.5. The maximum Gasteiger partial charge on any atom is 0.410 e. The molecule has 0 aromatic carbocycles. The van der Waals surface area contributed by atoms with E-state index < -0.39 is 5.60 Å². The van der Waals surface area contributed by atoms with E-state index in [1.807, 2.05) is 39.5 Å². The van der Waals surface area contributed by atoms with Gasteiger partial charge in [-0.3, -0.25) is 0 Å². The number of likely N-dealkylation sites (N-methyl/N-ethyl adjacent to an activating group) is 1. The Morgan fingerprint density at radius 2 is 2.04 bits per heavy atom. The van der Waals surface area contributed by atoms with E-state index in [1.54, 1.807) is 30.3 Å². The van der Waals surface area contributed by atoms with E-state index >= 15 is 0 Å². The number of esters is 1. The molecule has 0 saturated carbocycles. The molecule has 7 nitrogen and oxygen atoms in total. The Hall–Kier alpha value is -2.31. The van der Waals surface area contributed by atoms with Crippen LogP contribution in [0.2, 0.25) is 0 Å². The summed E-state index contributed by atoms with van der Waals surface area (Å²) in [4.78, 5) is 32.6. The lowest BCUT2D eigenvalue weighted by Gasteiger charge is -2.28. The second-order valence-electron chi connectivity index (χ2n) is 7.81. The molecule has 1 saturated heterocycles. The molecule has 1 aliphatic rings. The molecule has 0 N–H and O–H groups in total. The third kappa shape index (κ3) is 5.09. The van der Waals surface area contributed by atoms with E-state index in [-0.39, 0.29) is 24.2 Å². The van der Waals surface area contributed by atoms with Crippen LogP contribution < -0.4 is 4.90 Å². The number of rotatable bonds is 4. The number of nitrogens with zero attached hydrogens (tertiary/aromatic N) is 3. The standard InChI is InChI=1S/C19H29N3O4/c1-13(2)25-17(23)15-8-7-10-20-16(15)22-11-9-14(12-22)21(6)18(24)26-19(3,4)5/h7-8,10,13-14H,9,11-12H2,1-6H3/t14-/m0/s1. The van der Waals surface area contributed by atoms with E-state index in [0.717, 1.165) is 6.42 Å². The highest BCUT2D eigenvalue weighted by molar-refractivity contribution is 5.95. The van der Waals surface area contributed by atoms with Gasteiger partial charge in [-0.15, -0.1) is 0 Å². The number of pyridine rings is 1. The molecule has 0 spiro atoms. The number of carbonyl (C=O) groups is 2. The molecule has 7 heteroatoms. The highest BCUT2D eigenvalue weighted by Crippen LogP contribution is 2.25. The van der Waals surface area contributed by atoms with E-state index in [2.05, 4.69) is 4.98 Å². The Labute approximate surface area is 155 Å². The second kappa shape index (κ2) is 7.93. The van der Waals surface area contributed by atoms with Crippen LogP contribution in [0.5, 0.6) is 0 Å². The first-order valence-corrected chi connectivity index (χ1v) is 8.95. The first kappa shape index (κ1) is 20.0. The van der Waals surface area contributed by atoms with Crippen molar-refractivity contribution in [3.63, 3.8) is 0 Å². The van der Waals surface area contributed by atoms with Gasteiger partial charge in [-0.2, -0.15) is 0 Å². The molecular weight excluding hydrogens is 334 g/mol. The van der Waals surface area contributed by atoms with Gasteiger partial charge in [0.25, 0.3) is 0 Å². The molecule has 0 unspecified atom stereocenters. The Kier molecular flexibility index (Phi) is 6.10. The maximum absolute atomic E-state index is 12.3. The molecule has 1 aromatic heterocycles. The summed E-state index contributed by atoms with van der Waals surface area (Å²) in [5, 5.41) is 0. The summed E-state index contributed by atoms with van der Waals surface area (Å²) in [6.07, 6.45) is 1.90. The normalized spacial score (nSPS) is 17.3. The predicted octanol–water partition coefficient (Wildman–Crippen LogP) is 3.09. The lowest BCUT2D eigenvalue weighted by Crippen LogP contribution is -2.42. The zero-order valence-corrected chi connectivity index (χ0v) is 16.5. The molecule has 1 atom stereocenters. The van der Waals surface area contributed by atoms with Crippen LogP contribution in [0.25, 0.3) is 0 Å². The Bertz CT molecular complexity index is 654. The number of aromatic nitrogens is 1. The Balaban J connectivity index is 2.09. The molecule has 0 radical (unpaired) electrons. The van der Waals surface area contributed by atoms with Gasteiger partial charge in [-0.1, -0.05) is 0 Å². The molecule has 0 bridgehead atoms. The monoisotopic (exact) mass is 363 g/mol. The van der Waals surface area contributed by atoms with E-state index in [4.69, 9.17) is 9.47 Å². The first-order chi connectivity index (χ1) is 12.1. The number of hydrogen-bond acceptors (Lipinski definition) is 6. The lowest BCUT2D eigenvalue weighted by molar-refractivity contribution is 0.0236. The zero-order valence-electron chi connectivity index (χ0n) is 16.5. The van der Waals surface area contributed by atoms with Crippen LogP contribution in [0.4, 0.5) is 10.6 Å². The third-order valence-corrected chi connectivity index (χ3v) is 4.04. The van der Waals surface area contributed by atoms with Crippen molar-refractivity contribution in [1.29, 1.82) is 0 Å². The molecule has 1 amide bonds. The highest BCUT2D eigenvalue weighted by atomic mass is 16.6. The molecule has 1 aromatic rings. The van der Waals surface area contributed by atoms with Crippen LogP contribution in [0.1, 0.15) is 51.4 Å². The van der Waals surface area contributed by atoms with E-state index in [1.165, 1.54) is 0 Å². The Morgan fingerprint density at radius 3 is 2.65 bits per heavy atom. The second-order valence-corrected chi connectivity index (χ2v) is 7.81. The summed E-state index contributed by atoms with van der Waals surface area (Å²) in [5.41, 5.74) is -0.0833. The average Bonchev–Trinajstić information content (AvgIpc) is 3.01. The topological polar surface area (TPSA) is 72.0 Å². The van der Waals surface area contributed by atoms with Gasteiger partial charge in [-0.05, 0) is 53.2 Å². The molecule has 1 aliphatic heterocycles. The fourth-order valence-corrected chi connectivity index (χ4v) is 2.82. The van der Waals surface area contributed by atoms with Gasteiger partial charge in [0.15, 0.2) is 0 Å². The van der Waals surface area contributed by atoms with Gasteiger partial charge in [0.2, 0.25) is 0 Å². The van der Waals surface area contributed by atoms with Gasteiger partial charge in [0, 0.05) is 26.3 Å². The van der Waals surface area contributed by atoms with Crippen molar-refractivity contribution >= 4 is 17.9 Å². The average molecular weight is 363 g/mol.